The summed E-state index contributed by atoms with van der Waals surface area (Å²) in [7, 11) is 2.02. The zero-order valence-electron chi connectivity index (χ0n) is 13.9. The van der Waals surface area contributed by atoms with E-state index in [9.17, 15) is 0 Å². The number of rotatable bonds is 6. The zero-order chi connectivity index (χ0) is 16.1. The maximum atomic E-state index is 5.90. The summed E-state index contributed by atoms with van der Waals surface area (Å²) in [5.41, 5.74) is 0.926. The topological polar surface area (TPSA) is 54.2 Å². The monoisotopic (exact) mass is 370 g/mol. The fourth-order valence-electron chi connectivity index (χ4n) is 3.01. The molecule has 1 aliphatic rings. The number of hydrogen-bond donors (Lipinski definition) is 1. The smallest absolute Gasteiger partial charge is 0.241 e. The van der Waals surface area contributed by atoms with E-state index in [1.54, 1.807) is 0 Å². The van der Waals surface area contributed by atoms with Crippen molar-refractivity contribution in [2.45, 2.75) is 25.8 Å². The minimum atomic E-state index is 0. The highest BCUT2D eigenvalue weighted by Crippen LogP contribution is 2.22. The molecule has 0 radical (unpaired) electrons. The molecule has 24 heavy (non-hydrogen) atoms. The number of piperidine rings is 1. The number of nitrogens with one attached hydrogen (secondary N) is 1. The molecule has 2 aromatic rings. The fraction of sp³-hybridized carbons (Fsp3) is 0.529. The van der Waals surface area contributed by atoms with Crippen molar-refractivity contribution in [1.29, 1.82) is 0 Å². The SMILES string of the molecule is CNCCC1CCN(Cc2nc(-c3ccc(Cl)cc3)no2)CC1.Cl. The van der Waals surface area contributed by atoms with Gasteiger partial charge in [0, 0.05) is 10.6 Å². The third-order valence-corrected chi connectivity index (χ3v) is 4.69. The quantitative estimate of drug-likeness (QED) is 0.840. The van der Waals surface area contributed by atoms with Crippen LogP contribution in [-0.2, 0) is 6.54 Å². The molecular weight excluding hydrogens is 347 g/mol. The number of likely N-dealkylation sites (tertiary alicyclic amines) is 1. The maximum Gasteiger partial charge on any atom is 0.241 e. The van der Waals surface area contributed by atoms with Crippen LogP contribution in [0.15, 0.2) is 28.8 Å². The highest BCUT2D eigenvalue weighted by Gasteiger charge is 2.20. The van der Waals surface area contributed by atoms with E-state index in [1.165, 1.54) is 19.3 Å². The molecule has 0 aliphatic carbocycles. The van der Waals surface area contributed by atoms with Gasteiger partial charge < -0.3 is 9.84 Å². The van der Waals surface area contributed by atoms with Crippen LogP contribution in [0.1, 0.15) is 25.2 Å². The average Bonchev–Trinajstić information content (AvgIpc) is 3.03. The van der Waals surface area contributed by atoms with Gasteiger partial charge in [0.1, 0.15) is 0 Å². The van der Waals surface area contributed by atoms with Crippen molar-refractivity contribution in [2.75, 3.05) is 26.7 Å². The molecule has 1 aromatic heterocycles. The van der Waals surface area contributed by atoms with Crippen LogP contribution >= 0.6 is 24.0 Å². The number of aromatic nitrogens is 2. The molecule has 0 spiro atoms. The van der Waals surface area contributed by atoms with Crippen molar-refractivity contribution in [2.24, 2.45) is 5.92 Å². The Morgan fingerprint density at radius 2 is 1.96 bits per heavy atom. The predicted octanol–water partition coefficient (Wildman–Crippen LogP) is 3.63. The lowest BCUT2D eigenvalue weighted by atomic mass is 9.93. The van der Waals surface area contributed by atoms with E-state index in [0.717, 1.165) is 37.7 Å². The average molecular weight is 371 g/mol. The molecule has 1 aromatic carbocycles. The summed E-state index contributed by atoms with van der Waals surface area (Å²) in [6.45, 7) is 4.05. The minimum Gasteiger partial charge on any atom is -0.338 e. The summed E-state index contributed by atoms with van der Waals surface area (Å²) in [6, 6.07) is 7.49. The molecule has 132 valence electrons. The Kier molecular flexibility index (Phi) is 7.49. The standard InChI is InChI=1S/C17H23ClN4O.ClH/c1-19-9-6-13-7-10-22(11-8-13)12-16-20-17(21-23-16)14-2-4-15(18)5-3-14;/h2-5,13,19H,6-12H2,1H3;1H. The van der Waals surface area contributed by atoms with Crippen LogP contribution in [-0.4, -0.2) is 41.7 Å². The Balaban J connectivity index is 0.00000208. The van der Waals surface area contributed by atoms with E-state index in [-0.39, 0.29) is 12.4 Å². The van der Waals surface area contributed by atoms with E-state index in [4.69, 9.17) is 16.1 Å². The molecule has 0 atom stereocenters. The molecule has 0 amide bonds. The molecule has 0 bridgehead atoms. The van der Waals surface area contributed by atoms with Gasteiger partial charge in [-0.05, 0) is 76.1 Å². The van der Waals surface area contributed by atoms with Crippen molar-refractivity contribution in [3.63, 3.8) is 0 Å². The minimum absolute atomic E-state index is 0. The normalized spacial score (nSPS) is 16.1. The first-order valence-electron chi connectivity index (χ1n) is 8.20. The molecule has 3 rings (SSSR count). The molecular formula is C17H24Cl2N4O. The lowest BCUT2D eigenvalue weighted by Gasteiger charge is -2.30. The van der Waals surface area contributed by atoms with E-state index in [1.807, 2.05) is 31.3 Å². The third kappa shape index (κ3) is 5.18. The first-order chi connectivity index (χ1) is 11.2. The second-order valence-corrected chi connectivity index (χ2v) is 6.57. The molecule has 0 saturated carbocycles. The van der Waals surface area contributed by atoms with Crippen molar-refractivity contribution >= 4 is 24.0 Å². The van der Waals surface area contributed by atoms with Crippen LogP contribution < -0.4 is 5.32 Å². The van der Waals surface area contributed by atoms with Gasteiger partial charge in [0.2, 0.25) is 11.7 Å². The molecule has 5 nitrogen and oxygen atoms in total. The van der Waals surface area contributed by atoms with E-state index in [2.05, 4.69) is 20.4 Å². The molecule has 0 unspecified atom stereocenters. The van der Waals surface area contributed by atoms with Gasteiger partial charge in [0.05, 0.1) is 6.54 Å². The highest BCUT2D eigenvalue weighted by atomic mass is 35.5. The Hall–Kier alpha value is -1.14. The number of halogens is 2. The van der Waals surface area contributed by atoms with E-state index < -0.39 is 0 Å². The van der Waals surface area contributed by atoms with Crippen molar-refractivity contribution < 1.29 is 4.52 Å². The van der Waals surface area contributed by atoms with Gasteiger partial charge in [-0.15, -0.1) is 12.4 Å². The summed E-state index contributed by atoms with van der Waals surface area (Å²) in [6.07, 6.45) is 3.77. The predicted molar refractivity (Wildman–Crippen MR) is 98.5 cm³/mol. The summed E-state index contributed by atoms with van der Waals surface area (Å²) in [4.78, 5) is 6.90. The first-order valence-corrected chi connectivity index (χ1v) is 8.58. The highest BCUT2D eigenvalue weighted by molar-refractivity contribution is 6.30. The second kappa shape index (κ2) is 9.37. The Morgan fingerprint density at radius 1 is 1.25 bits per heavy atom. The Labute approximate surface area is 154 Å². The van der Waals surface area contributed by atoms with Gasteiger partial charge in [-0.2, -0.15) is 4.98 Å². The van der Waals surface area contributed by atoms with Crippen molar-refractivity contribution in [3.05, 3.63) is 35.2 Å². The van der Waals surface area contributed by atoms with Crippen LogP contribution in [0.4, 0.5) is 0 Å². The summed E-state index contributed by atoms with van der Waals surface area (Å²) < 4.78 is 5.40. The van der Waals surface area contributed by atoms with Crippen molar-refractivity contribution in [1.82, 2.24) is 20.4 Å². The molecule has 1 saturated heterocycles. The van der Waals surface area contributed by atoms with E-state index >= 15 is 0 Å². The number of benzene rings is 1. The summed E-state index contributed by atoms with van der Waals surface area (Å²) in [5.74, 6) is 2.15. The lowest BCUT2D eigenvalue weighted by molar-refractivity contribution is 0.155. The molecule has 7 heteroatoms. The summed E-state index contributed by atoms with van der Waals surface area (Å²) >= 11 is 5.90. The number of nitrogens with zero attached hydrogens (tertiary/aromatic N) is 3. The van der Waals surface area contributed by atoms with Crippen LogP contribution in [0, 0.1) is 5.92 Å². The van der Waals surface area contributed by atoms with Crippen molar-refractivity contribution in [3.8, 4) is 11.4 Å². The van der Waals surface area contributed by atoms with Crippen LogP contribution in [0.5, 0.6) is 0 Å². The van der Waals surface area contributed by atoms with Crippen LogP contribution in [0.25, 0.3) is 11.4 Å². The summed E-state index contributed by atoms with van der Waals surface area (Å²) in [5, 5.41) is 8.01. The van der Waals surface area contributed by atoms with Gasteiger partial charge in [0.15, 0.2) is 0 Å². The zero-order valence-corrected chi connectivity index (χ0v) is 15.4. The molecule has 1 fully saturated rings. The second-order valence-electron chi connectivity index (χ2n) is 6.13. The fourth-order valence-corrected chi connectivity index (χ4v) is 3.13. The largest absolute Gasteiger partial charge is 0.338 e. The van der Waals surface area contributed by atoms with Gasteiger partial charge in [0.25, 0.3) is 0 Å². The lowest BCUT2D eigenvalue weighted by Crippen LogP contribution is -2.34. The number of hydrogen-bond acceptors (Lipinski definition) is 5. The maximum absolute atomic E-state index is 5.90. The molecule has 2 heterocycles. The van der Waals surface area contributed by atoms with Gasteiger partial charge in [-0.25, -0.2) is 0 Å². The Morgan fingerprint density at radius 3 is 2.62 bits per heavy atom. The van der Waals surface area contributed by atoms with Crippen LogP contribution in [0.3, 0.4) is 0 Å². The van der Waals surface area contributed by atoms with Gasteiger partial charge >= 0.3 is 0 Å². The molecule has 1 N–H and O–H groups in total. The Bertz CT molecular complexity index is 609. The third-order valence-electron chi connectivity index (χ3n) is 4.44. The van der Waals surface area contributed by atoms with Gasteiger partial charge in [-0.3, -0.25) is 4.90 Å². The first kappa shape index (κ1) is 19.2. The van der Waals surface area contributed by atoms with E-state index in [0.29, 0.717) is 16.7 Å². The molecule has 1 aliphatic heterocycles. The van der Waals surface area contributed by atoms with Crippen LogP contribution in [0.2, 0.25) is 5.02 Å². The van der Waals surface area contributed by atoms with Gasteiger partial charge in [-0.1, -0.05) is 16.8 Å².